The third-order valence-corrected chi connectivity index (χ3v) is 2.98. The standard InChI is InChI=1S/C12H22O/c1-11(2,3)9-12(10-13)7-5-4-6-8-12/h10H,4-9H2,1-3H3. The monoisotopic (exact) mass is 182 g/mol. The van der Waals surface area contributed by atoms with E-state index in [0.29, 0.717) is 0 Å². The molecule has 0 aromatic rings. The van der Waals surface area contributed by atoms with Crippen molar-refractivity contribution in [2.24, 2.45) is 10.8 Å². The zero-order valence-corrected chi connectivity index (χ0v) is 9.23. The van der Waals surface area contributed by atoms with Gasteiger partial charge in [-0.1, -0.05) is 40.0 Å². The molecule has 0 aromatic carbocycles. The van der Waals surface area contributed by atoms with Crippen LogP contribution in [0.2, 0.25) is 0 Å². The summed E-state index contributed by atoms with van der Waals surface area (Å²) in [6.07, 6.45) is 8.34. The second-order valence-corrected chi connectivity index (χ2v) is 5.78. The van der Waals surface area contributed by atoms with E-state index in [0.717, 1.165) is 19.3 Å². The lowest BCUT2D eigenvalue weighted by molar-refractivity contribution is -0.119. The van der Waals surface area contributed by atoms with Crippen LogP contribution in [0.5, 0.6) is 0 Å². The van der Waals surface area contributed by atoms with Gasteiger partial charge in [0, 0.05) is 5.41 Å². The van der Waals surface area contributed by atoms with E-state index in [2.05, 4.69) is 20.8 Å². The Hall–Kier alpha value is -0.330. The van der Waals surface area contributed by atoms with Gasteiger partial charge in [-0.25, -0.2) is 0 Å². The summed E-state index contributed by atoms with van der Waals surface area (Å²) in [7, 11) is 0. The van der Waals surface area contributed by atoms with Gasteiger partial charge < -0.3 is 4.79 Å². The van der Waals surface area contributed by atoms with Crippen molar-refractivity contribution in [3.05, 3.63) is 0 Å². The first-order valence-electron chi connectivity index (χ1n) is 5.44. The van der Waals surface area contributed by atoms with Gasteiger partial charge >= 0.3 is 0 Å². The first kappa shape index (κ1) is 10.7. The third kappa shape index (κ3) is 3.13. The summed E-state index contributed by atoms with van der Waals surface area (Å²) in [6.45, 7) is 6.69. The fourth-order valence-electron chi connectivity index (χ4n) is 2.65. The molecule has 13 heavy (non-hydrogen) atoms. The maximum Gasteiger partial charge on any atom is 0.126 e. The second-order valence-electron chi connectivity index (χ2n) is 5.78. The first-order valence-corrected chi connectivity index (χ1v) is 5.44. The maximum atomic E-state index is 11.2. The molecule has 1 saturated carbocycles. The van der Waals surface area contributed by atoms with Gasteiger partial charge in [-0.3, -0.25) is 0 Å². The summed E-state index contributed by atoms with van der Waals surface area (Å²) in [4.78, 5) is 11.2. The Balaban J connectivity index is 2.63. The molecule has 0 heterocycles. The van der Waals surface area contributed by atoms with Crippen molar-refractivity contribution >= 4 is 6.29 Å². The Labute approximate surface area is 81.9 Å². The van der Waals surface area contributed by atoms with Gasteiger partial charge in [0.1, 0.15) is 6.29 Å². The van der Waals surface area contributed by atoms with Crippen LogP contribution in [0.15, 0.2) is 0 Å². The average Bonchev–Trinajstić information content (AvgIpc) is 2.03. The van der Waals surface area contributed by atoms with Crippen molar-refractivity contribution in [3.8, 4) is 0 Å². The van der Waals surface area contributed by atoms with Crippen LogP contribution in [0.25, 0.3) is 0 Å². The number of carbonyl (C=O) groups excluding carboxylic acids is 1. The quantitative estimate of drug-likeness (QED) is 0.597. The number of hydrogen-bond acceptors (Lipinski definition) is 1. The van der Waals surface area contributed by atoms with Gasteiger partial charge in [0.05, 0.1) is 0 Å². The maximum absolute atomic E-state index is 11.2. The Bertz CT molecular complexity index is 170. The minimum Gasteiger partial charge on any atom is -0.303 e. The topological polar surface area (TPSA) is 17.1 Å². The molecule has 0 amide bonds. The van der Waals surface area contributed by atoms with E-state index in [1.807, 2.05) is 0 Å². The molecule has 0 N–H and O–H groups in total. The molecular formula is C12H22O. The van der Waals surface area contributed by atoms with E-state index in [-0.39, 0.29) is 10.8 Å². The Morgan fingerprint density at radius 2 is 1.69 bits per heavy atom. The van der Waals surface area contributed by atoms with Gasteiger partial charge in [-0.15, -0.1) is 0 Å². The Kier molecular flexibility index (Phi) is 3.15. The van der Waals surface area contributed by atoms with Crippen LogP contribution in [0.3, 0.4) is 0 Å². The highest BCUT2D eigenvalue weighted by atomic mass is 16.1. The number of rotatable bonds is 2. The van der Waals surface area contributed by atoms with Crippen LogP contribution in [-0.2, 0) is 4.79 Å². The highest BCUT2D eigenvalue weighted by molar-refractivity contribution is 5.59. The van der Waals surface area contributed by atoms with E-state index >= 15 is 0 Å². The Morgan fingerprint density at radius 3 is 2.08 bits per heavy atom. The molecule has 0 radical (unpaired) electrons. The fourth-order valence-corrected chi connectivity index (χ4v) is 2.65. The molecule has 1 aliphatic rings. The lowest BCUT2D eigenvalue weighted by atomic mass is 9.67. The molecule has 1 heteroatoms. The fraction of sp³-hybridized carbons (Fsp3) is 0.917. The molecule has 0 aromatic heterocycles. The van der Waals surface area contributed by atoms with E-state index in [1.54, 1.807) is 0 Å². The first-order chi connectivity index (χ1) is 5.97. The zero-order valence-electron chi connectivity index (χ0n) is 9.23. The molecule has 0 bridgehead atoms. The van der Waals surface area contributed by atoms with Crippen molar-refractivity contribution in [2.75, 3.05) is 0 Å². The molecule has 0 atom stereocenters. The smallest absolute Gasteiger partial charge is 0.126 e. The van der Waals surface area contributed by atoms with Crippen molar-refractivity contribution in [2.45, 2.75) is 59.3 Å². The van der Waals surface area contributed by atoms with Gasteiger partial charge in [-0.05, 0) is 24.7 Å². The number of aldehydes is 1. The molecule has 76 valence electrons. The SMILES string of the molecule is CC(C)(C)CC1(C=O)CCCCC1. The van der Waals surface area contributed by atoms with Crippen LogP contribution in [0.1, 0.15) is 59.3 Å². The molecular weight excluding hydrogens is 160 g/mol. The summed E-state index contributed by atoms with van der Waals surface area (Å²) >= 11 is 0. The summed E-state index contributed by atoms with van der Waals surface area (Å²) in [5.41, 5.74) is 0.314. The summed E-state index contributed by atoms with van der Waals surface area (Å²) in [5, 5.41) is 0. The summed E-state index contributed by atoms with van der Waals surface area (Å²) in [5.74, 6) is 0. The minimum absolute atomic E-state index is 0.0243. The predicted octanol–water partition coefficient (Wildman–Crippen LogP) is 3.57. The van der Waals surface area contributed by atoms with Gasteiger partial charge in [0.15, 0.2) is 0 Å². The van der Waals surface area contributed by atoms with Crippen molar-refractivity contribution in [1.82, 2.24) is 0 Å². The van der Waals surface area contributed by atoms with Crippen LogP contribution in [0, 0.1) is 10.8 Å². The number of hydrogen-bond donors (Lipinski definition) is 0. The summed E-state index contributed by atoms with van der Waals surface area (Å²) < 4.78 is 0. The normalized spacial score (nSPS) is 22.7. The molecule has 0 spiro atoms. The second kappa shape index (κ2) is 3.81. The van der Waals surface area contributed by atoms with Crippen LogP contribution in [-0.4, -0.2) is 6.29 Å². The molecule has 0 aliphatic heterocycles. The van der Waals surface area contributed by atoms with Gasteiger partial charge in [-0.2, -0.15) is 0 Å². The zero-order chi connectivity index (χ0) is 9.95. The highest BCUT2D eigenvalue weighted by Crippen LogP contribution is 2.43. The van der Waals surface area contributed by atoms with Crippen LogP contribution >= 0.6 is 0 Å². The molecule has 0 unspecified atom stereocenters. The van der Waals surface area contributed by atoms with E-state index in [1.165, 1.54) is 25.5 Å². The van der Waals surface area contributed by atoms with E-state index in [9.17, 15) is 4.79 Å². The van der Waals surface area contributed by atoms with E-state index < -0.39 is 0 Å². The van der Waals surface area contributed by atoms with Crippen molar-refractivity contribution in [3.63, 3.8) is 0 Å². The van der Waals surface area contributed by atoms with Crippen LogP contribution < -0.4 is 0 Å². The molecule has 1 fully saturated rings. The third-order valence-electron chi connectivity index (χ3n) is 2.98. The van der Waals surface area contributed by atoms with Gasteiger partial charge in [0.2, 0.25) is 0 Å². The average molecular weight is 182 g/mol. The molecule has 1 aliphatic carbocycles. The van der Waals surface area contributed by atoms with Crippen molar-refractivity contribution in [1.29, 1.82) is 0 Å². The highest BCUT2D eigenvalue weighted by Gasteiger charge is 2.35. The lowest BCUT2D eigenvalue weighted by Crippen LogP contribution is -2.30. The lowest BCUT2D eigenvalue weighted by Gasteiger charge is -2.37. The predicted molar refractivity (Wildman–Crippen MR) is 55.7 cm³/mol. The van der Waals surface area contributed by atoms with Crippen molar-refractivity contribution < 1.29 is 4.79 Å². The Morgan fingerprint density at radius 1 is 1.15 bits per heavy atom. The summed E-state index contributed by atoms with van der Waals surface area (Å²) in [6, 6.07) is 0. The molecule has 1 rings (SSSR count). The van der Waals surface area contributed by atoms with Gasteiger partial charge in [0.25, 0.3) is 0 Å². The minimum atomic E-state index is 0.0243. The van der Waals surface area contributed by atoms with Crippen LogP contribution in [0.4, 0.5) is 0 Å². The number of carbonyl (C=O) groups is 1. The van der Waals surface area contributed by atoms with E-state index in [4.69, 9.17) is 0 Å². The molecule has 1 nitrogen and oxygen atoms in total. The largest absolute Gasteiger partial charge is 0.303 e. The molecule has 0 saturated heterocycles.